The highest BCUT2D eigenvalue weighted by Crippen LogP contribution is 2.39. The number of fused-ring (bicyclic) bond motifs is 1. The Bertz CT molecular complexity index is 1200. The summed E-state index contributed by atoms with van der Waals surface area (Å²) in [4.78, 5) is 32.3. The summed E-state index contributed by atoms with van der Waals surface area (Å²) in [6.45, 7) is 3.58. The van der Waals surface area contributed by atoms with Gasteiger partial charge in [-0.2, -0.15) is 0 Å². The maximum atomic E-state index is 13.8. The van der Waals surface area contributed by atoms with Crippen molar-refractivity contribution in [3.63, 3.8) is 0 Å². The molecule has 1 atom stereocenters. The number of carbonyl (C=O) groups excluding carboxylic acids is 2. The van der Waals surface area contributed by atoms with Gasteiger partial charge < -0.3 is 14.5 Å². The Balaban J connectivity index is 1.36. The van der Waals surface area contributed by atoms with E-state index in [1.807, 2.05) is 41.3 Å². The largest absolute Gasteiger partial charge is 0.497 e. The second kappa shape index (κ2) is 10.2. The van der Waals surface area contributed by atoms with Gasteiger partial charge in [-0.05, 0) is 77.9 Å². The molecule has 0 radical (unpaired) electrons. The molecule has 182 valence electrons. The first-order chi connectivity index (χ1) is 17.0. The fourth-order valence-corrected chi connectivity index (χ4v) is 5.87. The van der Waals surface area contributed by atoms with Crippen molar-refractivity contribution in [1.29, 1.82) is 0 Å². The molecule has 0 saturated heterocycles. The van der Waals surface area contributed by atoms with Crippen LogP contribution in [0.1, 0.15) is 46.0 Å². The topological polar surface area (TPSA) is 49.9 Å². The number of hydrogen-bond donors (Lipinski definition) is 0. The molecule has 1 saturated carbocycles. The van der Waals surface area contributed by atoms with E-state index in [-0.39, 0.29) is 24.4 Å². The molecular weight excluding hydrogens is 456 g/mol. The van der Waals surface area contributed by atoms with Gasteiger partial charge in [0.15, 0.2) is 0 Å². The summed E-state index contributed by atoms with van der Waals surface area (Å²) in [5.74, 6) is 1.32. The molecular formula is C29H32N2O3S. The highest BCUT2D eigenvalue weighted by atomic mass is 32.1. The van der Waals surface area contributed by atoms with Crippen LogP contribution in [-0.4, -0.2) is 48.4 Å². The molecule has 0 spiro atoms. The monoisotopic (exact) mass is 488 g/mol. The summed E-state index contributed by atoms with van der Waals surface area (Å²) in [6.07, 6.45) is 3.42. The van der Waals surface area contributed by atoms with E-state index in [0.29, 0.717) is 25.4 Å². The lowest BCUT2D eigenvalue weighted by Crippen LogP contribution is -2.47. The molecule has 1 aromatic heterocycles. The van der Waals surface area contributed by atoms with Gasteiger partial charge >= 0.3 is 0 Å². The van der Waals surface area contributed by atoms with Crippen molar-refractivity contribution < 1.29 is 14.3 Å². The van der Waals surface area contributed by atoms with Crippen LogP contribution in [0.3, 0.4) is 0 Å². The Labute approximate surface area is 211 Å². The number of aryl methyl sites for hydroxylation is 1. The molecule has 1 aliphatic carbocycles. The molecule has 0 N–H and O–H groups in total. The molecule has 1 fully saturated rings. The Morgan fingerprint density at radius 3 is 2.54 bits per heavy atom. The zero-order chi connectivity index (χ0) is 24.4. The van der Waals surface area contributed by atoms with Crippen molar-refractivity contribution >= 4 is 23.2 Å². The molecule has 35 heavy (non-hydrogen) atoms. The Morgan fingerprint density at radius 2 is 1.83 bits per heavy atom. The summed E-state index contributed by atoms with van der Waals surface area (Å²) in [5.41, 5.74) is 4.50. The van der Waals surface area contributed by atoms with Gasteiger partial charge in [-0.1, -0.05) is 36.4 Å². The first-order valence-corrected chi connectivity index (χ1v) is 13.2. The predicted molar refractivity (Wildman–Crippen MR) is 139 cm³/mol. The molecule has 0 bridgehead atoms. The highest BCUT2D eigenvalue weighted by Gasteiger charge is 2.35. The number of amides is 2. The lowest BCUT2D eigenvalue weighted by atomic mass is 9.90. The van der Waals surface area contributed by atoms with E-state index in [0.717, 1.165) is 30.6 Å². The van der Waals surface area contributed by atoms with Crippen LogP contribution < -0.4 is 4.74 Å². The maximum Gasteiger partial charge on any atom is 0.242 e. The van der Waals surface area contributed by atoms with Crippen LogP contribution in [0.25, 0.3) is 0 Å². The number of methoxy groups -OCH3 is 1. The van der Waals surface area contributed by atoms with Gasteiger partial charge in [-0.3, -0.25) is 9.59 Å². The number of nitrogens with zero attached hydrogens (tertiary/aromatic N) is 2. The van der Waals surface area contributed by atoms with Gasteiger partial charge in [0.05, 0.1) is 26.1 Å². The molecule has 2 aromatic carbocycles. The summed E-state index contributed by atoms with van der Waals surface area (Å²) >= 11 is 1.77. The van der Waals surface area contributed by atoms with E-state index in [1.165, 1.54) is 21.6 Å². The third kappa shape index (κ3) is 5.27. The van der Waals surface area contributed by atoms with Gasteiger partial charge in [0.1, 0.15) is 5.75 Å². The minimum atomic E-state index is -0.0989. The maximum absolute atomic E-state index is 13.8. The van der Waals surface area contributed by atoms with E-state index in [1.54, 1.807) is 23.3 Å². The first-order valence-electron chi connectivity index (χ1n) is 12.4. The molecule has 5 rings (SSSR count). The van der Waals surface area contributed by atoms with Gasteiger partial charge in [-0.25, -0.2) is 0 Å². The lowest BCUT2D eigenvalue weighted by molar-refractivity contribution is -0.141. The smallest absolute Gasteiger partial charge is 0.242 e. The van der Waals surface area contributed by atoms with Crippen molar-refractivity contribution in [2.75, 3.05) is 26.7 Å². The van der Waals surface area contributed by atoms with Gasteiger partial charge in [0.25, 0.3) is 0 Å². The summed E-state index contributed by atoms with van der Waals surface area (Å²) in [7, 11) is 1.63. The number of carbonyl (C=O) groups is 2. The van der Waals surface area contributed by atoms with Crippen LogP contribution in [0, 0.1) is 12.8 Å². The van der Waals surface area contributed by atoms with Crippen LogP contribution >= 0.6 is 11.3 Å². The molecule has 1 aliphatic heterocycles. The normalized spacial score (nSPS) is 17.1. The Hall–Kier alpha value is -3.12. The van der Waals surface area contributed by atoms with Crippen LogP contribution in [0.2, 0.25) is 0 Å². The number of thiophene rings is 1. The summed E-state index contributed by atoms with van der Waals surface area (Å²) in [5, 5.41) is 2.13. The van der Waals surface area contributed by atoms with Crippen molar-refractivity contribution in [3.8, 4) is 5.75 Å². The molecule has 1 unspecified atom stereocenters. The molecule has 2 amide bonds. The second-order valence-corrected chi connectivity index (χ2v) is 10.6. The van der Waals surface area contributed by atoms with E-state index in [4.69, 9.17) is 4.74 Å². The molecule has 6 heteroatoms. The van der Waals surface area contributed by atoms with E-state index < -0.39 is 0 Å². The predicted octanol–water partition coefficient (Wildman–Crippen LogP) is 5.02. The van der Waals surface area contributed by atoms with E-state index in [2.05, 4.69) is 30.5 Å². The number of hydrogen-bond acceptors (Lipinski definition) is 4. The molecule has 3 aromatic rings. The SMILES string of the molecule is COc1ccc(CC(=O)N(CC(=O)N2CCc3sccc3C2c2ccccc2C)CC2CC2)cc1. The fraction of sp³-hybridized carbons (Fsp3) is 0.379. The third-order valence-corrected chi connectivity index (χ3v) is 8.13. The molecule has 2 heterocycles. The number of benzene rings is 2. The van der Waals surface area contributed by atoms with Crippen molar-refractivity contribution in [1.82, 2.24) is 9.80 Å². The minimum Gasteiger partial charge on any atom is -0.497 e. The van der Waals surface area contributed by atoms with Gasteiger partial charge in [0, 0.05) is 18.0 Å². The average molecular weight is 489 g/mol. The summed E-state index contributed by atoms with van der Waals surface area (Å²) < 4.78 is 5.23. The van der Waals surface area contributed by atoms with Crippen molar-refractivity contribution in [2.45, 2.75) is 38.6 Å². The highest BCUT2D eigenvalue weighted by molar-refractivity contribution is 7.10. The van der Waals surface area contributed by atoms with Crippen LogP contribution in [0.5, 0.6) is 5.75 Å². The number of ether oxygens (including phenoxy) is 1. The molecule has 2 aliphatic rings. The Morgan fingerprint density at radius 1 is 1.06 bits per heavy atom. The molecule has 5 nitrogen and oxygen atoms in total. The second-order valence-electron chi connectivity index (χ2n) is 9.64. The van der Waals surface area contributed by atoms with Crippen LogP contribution in [0.4, 0.5) is 0 Å². The van der Waals surface area contributed by atoms with E-state index in [9.17, 15) is 9.59 Å². The fourth-order valence-electron chi connectivity index (χ4n) is 4.96. The first kappa shape index (κ1) is 23.6. The zero-order valence-electron chi connectivity index (χ0n) is 20.4. The Kier molecular flexibility index (Phi) is 6.91. The number of rotatable bonds is 8. The van der Waals surface area contributed by atoms with Crippen molar-refractivity contribution in [2.24, 2.45) is 5.92 Å². The van der Waals surface area contributed by atoms with Gasteiger partial charge in [0.2, 0.25) is 11.8 Å². The van der Waals surface area contributed by atoms with Crippen molar-refractivity contribution in [3.05, 3.63) is 87.1 Å². The van der Waals surface area contributed by atoms with E-state index >= 15 is 0 Å². The third-order valence-electron chi connectivity index (χ3n) is 7.14. The lowest BCUT2D eigenvalue weighted by Gasteiger charge is -2.38. The quantitative estimate of drug-likeness (QED) is 0.447. The van der Waals surface area contributed by atoms with Crippen LogP contribution in [0.15, 0.2) is 60.0 Å². The minimum absolute atomic E-state index is 0.0103. The zero-order valence-corrected chi connectivity index (χ0v) is 21.2. The van der Waals surface area contributed by atoms with Gasteiger partial charge in [-0.15, -0.1) is 11.3 Å². The summed E-state index contributed by atoms with van der Waals surface area (Å²) in [6, 6.07) is 18.0. The van der Waals surface area contributed by atoms with Crippen LogP contribution in [-0.2, 0) is 22.4 Å². The standard InChI is InChI=1S/C29H32N2O3S/c1-20-5-3-4-6-24(20)29-25-14-16-35-26(25)13-15-31(29)28(33)19-30(18-22-7-8-22)27(32)17-21-9-11-23(34-2)12-10-21/h3-6,9-12,14,16,22,29H,7-8,13,15,17-19H2,1-2H3. The average Bonchev–Trinajstić information content (AvgIpc) is 3.56.